The maximum Gasteiger partial charge on any atom is 0.313 e. The quantitative estimate of drug-likeness (QED) is 0.487. The first kappa shape index (κ1) is 16.7. The van der Waals surface area contributed by atoms with Crippen LogP contribution >= 0.6 is 0 Å². The zero-order chi connectivity index (χ0) is 18.8. The van der Waals surface area contributed by atoms with E-state index in [9.17, 15) is 14.7 Å². The molecule has 3 N–H and O–H groups in total. The van der Waals surface area contributed by atoms with Gasteiger partial charge in [0.25, 0.3) is 0 Å². The summed E-state index contributed by atoms with van der Waals surface area (Å²) in [6.45, 7) is 0.190. The average molecular weight is 360 g/mol. The third-order valence-corrected chi connectivity index (χ3v) is 4.23. The predicted octanol–water partition coefficient (Wildman–Crippen LogP) is 3.55. The summed E-state index contributed by atoms with van der Waals surface area (Å²) in [4.78, 5) is 24.1. The minimum Gasteiger partial charge on any atom is -0.508 e. The lowest BCUT2D eigenvalue weighted by atomic mass is 10.1. The third-order valence-electron chi connectivity index (χ3n) is 4.23. The summed E-state index contributed by atoms with van der Waals surface area (Å²) in [5, 5.41) is 16.3. The zero-order valence-electron chi connectivity index (χ0n) is 14.2. The lowest BCUT2D eigenvalue weighted by molar-refractivity contribution is -0.136. The van der Waals surface area contributed by atoms with Crippen LogP contribution in [0, 0.1) is 0 Å². The normalized spacial score (nSPS) is 10.8. The van der Waals surface area contributed by atoms with E-state index in [1.807, 2.05) is 30.3 Å². The number of carbonyl (C=O) groups excluding carboxylic acids is 2. The molecule has 0 bridgehead atoms. The number of aromatic hydroxyl groups is 1. The summed E-state index contributed by atoms with van der Waals surface area (Å²) < 4.78 is 5.78. The number of hydrogen-bond acceptors (Lipinski definition) is 4. The van der Waals surface area contributed by atoms with Crippen molar-refractivity contribution in [2.45, 2.75) is 6.54 Å². The van der Waals surface area contributed by atoms with E-state index in [1.54, 1.807) is 24.3 Å². The smallest absolute Gasteiger partial charge is 0.313 e. The molecule has 0 unspecified atom stereocenters. The van der Waals surface area contributed by atoms with Gasteiger partial charge in [-0.15, -0.1) is 0 Å². The van der Waals surface area contributed by atoms with Gasteiger partial charge in [-0.2, -0.15) is 0 Å². The first-order valence-corrected chi connectivity index (χ1v) is 8.38. The molecule has 0 saturated heterocycles. The summed E-state index contributed by atoms with van der Waals surface area (Å²) in [6, 6.07) is 19.3. The van der Waals surface area contributed by atoms with E-state index in [0.29, 0.717) is 11.3 Å². The molecule has 0 aliphatic carbocycles. The second-order valence-electron chi connectivity index (χ2n) is 6.11. The number of amides is 2. The van der Waals surface area contributed by atoms with Crippen molar-refractivity contribution in [3.05, 3.63) is 72.3 Å². The van der Waals surface area contributed by atoms with Gasteiger partial charge in [-0.3, -0.25) is 9.59 Å². The van der Waals surface area contributed by atoms with Crippen LogP contribution in [0.25, 0.3) is 21.9 Å². The Morgan fingerprint density at radius 2 is 1.59 bits per heavy atom. The number of furan rings is 1. The first-order chi connectivity index (χ1) is 13.1. The van der Waals surface area contributed by atoms with E-state index in [0.717, 1.165) is 21.9 Å². The number of rotatable bonds is 3. The molecule has 0 aliphatic heterocycles. The molecule has 0 spiro atoms. The molecule has 1 aromatic heterocycles. The Balaban J connectivity index is 1.44. The lowest BCUT2D eigenvalue weighted by Gasteiger charge is -2.07. The van der Waals surface area contributed by atoms with Crippen LogP contribution in [0.5, 0.6) is 5.75 Å². The highest BCUT2D eigenvalue weighted by molar-refractivity contribution is 6.39. The van der Waals surface area contributed by atoms with Gasteiger partial charge < -0.3 is 20.2 Å². The summed E-state index contributed by atoms with van der Waals surface area (Å²) in [5.74, 6) is -1.36. The topological polar surface area (TPSA) is 91.6 Å². The first-order valence-electron chi connectivity index (χ1n) is 8.38. The Labute approximate surface area is 154 Å². The number of phenolic OH excluding ortho intramolecular Hbond substituents is 1. The zero-order valence-corrected chi connectivity index (χ0v) is 14.2. The Bertz CT molecular complexity index is 1150. The average Bonchev–Trinajstić information content (AvgIpc) is 3.05. The van der Waals surface area contributed by atoms with Crippen molar-refractivity contribution >= 4 is 39.4 Å². The van der Waals surface area contributed by atoms with Gasteiger partial charge in [0.05, 0.1) is 0 Å². The molecule has 0 aliphatic rings. The molecule has 3 aromatic carbocycles. The highest BCUT2D eigenvalue weighted by Gasteiger charge is 2.14. The van der Waals surface area contributed by atoms with Crippen LogP contribution < -0.4 is 10.6 Å². The number of para-hydroxylation sites is 1. The fourth-order valence-corrected chi connectivity index (χ4v) is 2.87. The van der Waals surface area contributed by atoms with Crippen LogP contribution in [0.2, 0.25) is 0 Å². The van der Waals surface area contributed by atoms with Gasteiger partial charge in [-0.05, 0) is 35.9 Å². The largest absolute Gasteiger partial charge is 0.508 e. The molecular weight excluding hydrogens is 344 g/mol. The van der Waals surface area contributed by atoms with E-state index in [1.165, 1.54) is 12.1 Å². The van der Waals surface area contributed by atoms with Gasteiger partial charge in [-0.25, -0.2) is 0 Å². The molecule has 6 nitrogen and oxygen atoms in total. The van der Waals surface area contributed by atoms with Crippen LogP contribution in [0.3, 0.4) is 0 Å². The van der Waals surface area contributed by atoms with Gasteiger partial charge in [0.2, 0.25) is 0 Å². The minimum atomic E-state index is -0.760. The fourth-order valence-electron chi connectivity index (χ4n) is 2.87. The van der Waals surface area contributed by atoms with Crippen molar-refractivity contribution in [1.29, 1.82) is 0 Å². The van der Waals surface area contributed by atoms with Crippen LogP contribution in [0.15, 0.2) is 71.1 Å². The van der Waals surface area contributed by atoms with Crippen molar-refractivity contribution < 1.29 is 19.1 Å². The van der Waals surface area contributed by atoms with Crippen LogP contribution in [-0.2, 0) is 16.1 Å². The maximum absolute atomic E-state index is 12.1. The molecule has 0 fully saturated rings. The fraction of sp³-hybridized carbons (Fsp3) is 0.0476. The molecule has 6 heteroatoms. The third kappa shape index (κ3) is 3.46. The molecule has 4 rings (SSSR count). The van der Waals surface area contributed by atoms with Crippen molar-refractivity contribution in [2.75, 3.05) is 5.32 Å². The highest BCUT2D eigenvalue weighted by Crippen LogP contribution is 2.30. The van der Waals surface area contributed by atoms with Crippen LogP contribution in [-0.4, -0.2) is 16.9 Å². The summed E-state index contributed by atoms with van der Waals surface area (Å²) in [6.07, 6.45) is 0. The van der Waals surface area contributed by atoms with Crippen molar-refractivity contribution in [3.8, 4) is 5.75 Å². The Kier molecular flexibility index (Phi) is 4.22. The number of carbonyl (C=O) groups is 2. The maximum atomic E-state index is 12.1. The molecule has 27 heavy (non-hydrogen) atoms. The van der Waals surface area contributed by atoms with Crippen molar-refractivity contribution in [3.63, 3.8) is 0 Å². The molecule has 4 aromatic rings. The summed E-state index contributed by atoms with van der Waals surface area (Å²) in [5.41, 5.74) is 2.66. The molecule has 0 saturated carbocycles. The minimum absolute atomic E-state index is 0.142. The summed E-state index contributed by atoms with van der Waals surface area (Å²) >= 11 is 0. The van der Waals surface area contributed by atoms with E-state index in [2.05, 4.69) is 10.6 Å². The molecular formula is C21H16N2O4. The number of phenols is 1. The highest BCUT2D eigenvalue weighted by atomic mass is 16.3. The second-order valence-corrected chi connectivity index (χ2v) is 6.11. The van der Waals surface area contributed by atoms with E-state index < -0.39 is 11.8 Å². The van der Waals surface area contributed by atoms with Crippen molar-refractivity contribution in [2.24, 2.45) is 0 Å². The number of benzene rings is 3. The SMILES string of the molecule is O=C(NCc1ccc(O)cc1)C(=O)Nc1ccc2c(c1)oc1ccccc12. The van der Waals surface area contributed by atoms with Gasteiger partial charge in [0.1, 0.15) is 16.9 Å². The summed E-state index contributed by atoms with van der Waals surface area (Å²) in [7, 11) is 0. The Morgan fingerprint density at radius 1 is 0.852 bits per heavy atom. The van der Waals surface area contributed by atoms with Crippen LogP contribution in [0.1, 0.15) is 5.56 Å². The standard InChI is InChI=1S/C21H16N2O4/c24-15-8-5-13(6-9-15)12-22-20(25)21(26)23-14-7-10-17-16-3-1-2-4-18(16)27-19(17)11-14/h1-11,24H,12H2,(H,22,25)(H,23,26). The Hall–Kier alpha value is -3.80. The monoisotopic (exact) mass is 360 g/mol. The van der Waals surface area contributed by atoms with Gasteiger partial charge >= 0.3 is 11.8 Å². The molecule has 1 heterocycles. The molecule has 2 amide bonds. The Morgan fingerprint density at radius 3 is 2.41 bits per heavy atom. The molecule has 0 radical (unpaired) electrons. The van der Waals surface area contributed by atoms with E-state index >= 15 is 0 Å². The molecule has 134 valence electrons. The van der Waals surface area contributed by atoms with E-state index in [-0.39, 0.29) is 12.3 Å². The molecule has 0 atom stereocenters. The second kappa shape index (κ2) is 6.84. The number of nitrogens with one attached hydrogen (secondary N) is 2. The number of fused-ring (bicyclic) bond motifs is 3. The van der Waals surface area contributed by atoms with Gasteiger partial charge in [0, 0.05) is 29.1 Å². The number of hydrogen-bond donors (Lipinski definition) is 3. The van der Waals surface area contributed by atoms with Gasteiger partial charge in [-0.1, -0.05) is 30.3 Å². The lowest BCUT2D eigenvalue weighted by Crippen LogP contribution is -2.34. The van der Waals surface area contributed by atoms with Crippen LogP contribution in [0.4, 0.5) is 5.69 Å². The van der Waals surface area contributed by atoms with Crippen molar-refractivity contribution in [1.82, 2.24) is 5.32 Å². The number of anilines is 1. The predicted molar refractivity (Wildman–Crippen MR) is 102 cm³/mol. The van der Waals surface area contributed by atoms with E-state index in [4.69, 9.17) is 4.42 Å². The van der Waals surface area contributed by atoms with Gasteiger partial charge in [0.15, 0.2) is 0 Å².